The number of amides is 4. The van der Waals surface area contributed by atoms with Crippen molar-refractivity contribution in [3.05, 3.63) is 17.0 Å². The molecule has 7 nitrogen and oxygen atoms in total. The second kappa shape index (κ2) is 6.40. The molecule has 2 atom stereocenters. The van der Waals surface area contributed by atoms with Crippen LogP contribution in [-0.4, -0.2) is 34.8 Å². The lowest BCUT2D eigenvalue weighted by molar-refractivity contribution is -0.136. The summed E-state index contributed by atoms with van der Waals surface area (Å²) in [7, 11) is 0. The predicted molar refractivity (Wildman–Crippen MR) is 97.4 cm³/mol. The molecule has 0 unspecified atom stereocenters. The molecule has 4 amide bonds. The van der Waals surface area contributed by atoms with Gasteiger partial charge in [-0.2, -0.15) is 5.26 Å². The summed E-state index contributed by atoms with van der Waals surface area (Å²) >= 11 is 1.23. The van der Waals surface area contributed by atoms with E-state index < -0.39 is 17.5 Å². The first-order valence-corrected chi connectivity index (χ1v) is 9.45. The van der Waals surface area contributed by atoms with E-state index in [9.17, 15) is 14.4 Å². The van der Waals surface area contributed by atoms with E-state index in [1.165, 1.54) is 11.3 Å². The zero-order chi connectivity index (χ0) is 19.1. The van der Waals surface area contributed by atoms with E-state index in [0.29, 0.717) is 29.3 Å². The third kappa shape index (κ3) is 3.31. The van der Waals surface area contributed by atoms with Crippen LogP contribution in [0, 0.1) is 22.7 Å². The molecule has 0 aromatic carbocycles. The maximum absolute atomic E-state index is 13.0. The molecule has 1 aliphatic carbocycles. The molecule has 1 saturated carbocycles. The lowest BCUT2D eigenvalue weighted by Gasteiger charge is -2.43. The number of carbonyl (C=O) groups excluding carboxylic acids is 3. The Balaban J connectivity index is 1.73. The van der Waals surface area contributed by atoms with Crippen LogP contribution in [0.4, 0.5) is 9.80 Å². The second-order valence-corrected chi connectivity index (χ2v) is 9.00. The molecular weight excluding hydrogens is 352 g/mol. The van der Waals surface area contributed by atoms with Crippen LogP contribution in [0.1, 0.15) is 45.6 Å². The zero-order valence-corrected chi connectivity index (χ0v) is 15.9. The van der Waals surface area contributed by atoms with Gasteiger partial charge in [0.1, 0.15) is 23.2 Å². The van der Waals surface area contributed by atoms with Gasteiger partial charge in [0.05, 0.1) is 5.56 Å². The van der Waals surface area contributed by atoms with Gasteiger partial charge in [0.25, 0.3) is 5.91 Å². The average Bonchev–Trinajstić information content (AvgIpc) is 3.03. The molecule has 0 radical (unpaired) electrons. The van der Waals surface area contributed by atoms with E-state index in [2.05, 4.69) is 31.4 Å². The number of imide groups is 1. The Morgan fingerprint density at radius 1 is 1.46 bits per heavy atom. The van der Waals surface area contributed by atoms with Gasteiger partial charge in [-0.1, -0.05) is 20.8 Å². The molecule has 1 aromatic rings. The summed E-state index contributed by atoms with van der Waals surface area (Å²) < 4.78 is 0. The van der Waals surface area contributed by atoms with Gasteiger partial charge in [-0.05, 0) is 42.0 Å². The maximum Gasteiger partial charge on any atom is 0.325 e. The summed E-state index contributed by atoms with van der Waals surface area (Å²) in [4.78, 5) is 38.7. The minimum Gasteiger partial charge on any atom is -0.323 e. The molecule has 0 bridgehead atoms. The number of hydrogen-bond donors (Lipinski definition) is 2. The fraction of sp³-hybridized carbons (Fsp3) is 0.556. The van der Waals surface area contributed by atoms with Gasteiger partial charge in [-0.25, -0.2) is 4.79 Å². The van der Waals surface area contributed by atoms with E-state index in [1.54, 1.807) is 11.4 Å². The van der Waals surface area contributed by atoms with Crippen molar-refractivity contribution < 1.29 is 14.4 Å². The van der Waals surface area contributed by atoms with Crippen LogP contribution in [0.15, 0.2) is 11.4 Å². The van der Waals surface area contributed by atoms with Crippen molar-refractivity contribution in [2.75, 3.05) is 11.9 Å². The Hall–Kier alpha value is -2.40. The fourth-order valence-corrected chi connectivity index (χ4v) is 5.21. The van der Waals surface area contributed by atoms with Crippen molar-refractivity contribution >= 4 is 34.2 Å². The highest BCUT2D eigenvalue weighted by Gasteiger charge is 2.56. The van der Waals surface area contributed by atoms with Gasteiger partial charge in [0.15, 0.2) is 0 Å². The van der Waals surface area contributed by atoms with Crippen LogP contribution in [0.3, 0.4) is 0 Å². The van der Waals surface area contributed by atoms with Gasteiger partial charge in [-0.15, -0.1) is 11.3 Å². The summed E-state index contributed by atoms with van der Waals surface area (Å²) in [5.41, 5.74) is -0.614. The Labute approximate surface area is 156 Å². The normalized spacial score (nSPS) is 27.3. The molecular formula is C18H22N4O3S. The molecule has 2 N–H and O–H groups in total. The highest BCUT2D eigenvalue weighted by Crippen LogP contribution is 2.46. The minimum absolute atomic E-state index is 0.0580. The number of carbonyl (C=O) groups is 3. The first-order chi connectivity index (χ1) is 12.2. The molecule has 2 aliphatic rings. The van der Waals surface area contributed by atoms with Crippen LogP contribution < -0.4 is 10.6 Å². The summed E-state index contributed by atoms with van der Waals surface area (Å²) in [5, 5.41) is 16.6. The molecule has 2 heterocycles. The quantitative estimate of drug-likeness (QED) is 0.794. The van der Waals surface area contributed by atoms with Crippen molar-refractivity contribution in [3.63, 3.8) is 0 Å². The average molecular weight is 374 g/mol. The van der Waals surface area contributed by atoms with Gasteiger partial charge >= 0.3 is 6.03 Å². The molecule has 3 rings (SSSR count). The fourth-order valence-electron chi connectivity index (χ4n) is 4.45. The van der Waals surface area contributed by atoms with Crippen LogP contribution in [0.5, 0.6) is 0 Å². The van der Waals surface area contributed by atoms with E-state index >= 15 is 0 Å². The number of hydrogen-bond acceptors (Lipinski definition) is 5. The van der Waals surface area contributed by atoms with Crippen molar-refractivity contribution in [3.8, 4) is 6.07 Å². The molecule has 1 aromatic heterocycles. The summed E-state index contributed by atoms with van der Waals surface area (Å²) in [6, 6.07) is 3.07. The lowest BCUT2D eigenvalue weighted by Crippen LogP contribution is -2.54. The van der Waals surface area contributed by atoms with Gasteiger partial charge in [0, 0.05) is 0 Å². The molecule has 2 fully saturated rings. The molecule has 1 spiro atoms. The van der Waals surface area contributed by atoms with Crippen LogP contribution in [-0.2, 0) is 9.59 Å². The third-order valence-corrected chi connectivity index (χ3v) is 5.79. The van der Waals surface area contributed by atoms with Crippen LogP contribution >= 0.6 is 11.3 Å². The monoisotopic (exact) mass is 374 g/mol. The number of anilines is 1. The van der Waals surface area contributed by atoms with E-state index in [4.69, 9.17) is 5.26 Å². The highest BCUT2D eigenvalue weighted by atomic mass is 32.1. The maximum atomic E-state index is 13.0. The Morgan fingerprint density at radius 3 is 2.85 bits per heavy atom. The number of nitrogens with zero attached hydrogens (tertiary/aromatic N) is 2. The highest BCUT2D eigenvalue weighted by molar-refractivity contribution is 7.14. The van der Waals surface area contributed by atoms with Gasteiger partial charge < -0.3 is 10.6 Å². The first-order valence-electron chi connectivity index (χ1n) is 8.57. The number of urea groups is 1. The molecule has 26 heavy (non-hydrogen) atoms. The standard InChI is InChI=1S/C18H22N4O3S/c1-11-6-17(2,3)10-18(7-11)15(24)22(16(25)21-18)9-13(23)20-14-12(8-19)4-5-26-14/h4-5,11H,6-7,9-10H2,1-3H3,(H,20,23)(H,21,25)/t11-,18+/m1/s1. The van der Waals surface area contributed by atoms with Gasteiger partial charge in [-0.3, -0.25) is 14.5 Å². The molecule has 8 heteroatoms. The Morgan fingerprint density at radius 2 is 2.19 bits per heavy atom. The van der Waals surface area contributed by atoms with Crippen molar-refractivity contribution in [1.82, 2.24) is 10.2 Å². The van der Waals surface area contributed by atoms with Crippen LogP contribution in [0.25, 0.3) is 0 Å². The largest absolute Gasteiger partial charge is 0.325 e. The van der Waals surface area contributed by atoms with Crippen molar-refractivity contribution in [2.45, 2.75) is 45.6 Å². The number of rotatable bonds is 3. The number of thiophene rings is 1. The zero-order valence-electron chi connectivity index (χ0n) is 15.1. The van der Waals surface area contributed by atoms with Gasteiger partial charge in [0.2, 0.25) is 5.91 Å². The Bertz CT molecular complexity index is 810. The van der Waals surface area contributed by atoms with Crippen molar-refractivity contribution in [1.29, 1.82) is 5.26 Å². The number of nitrogens with one attached hydrogen (secondary N) is 2. The smallest absolute Gasteiger partial charge is 0.323 e. The Kier molecular flexibility index (Phi) is 4.53. The van der Waals surface area contributed by atoms with E-state index in [1.807, 2.05) is 6.07 Å². The topological polar surface area (TPSA) is 102 Å². The number of nitriles is 1. The summed E-state index contributed by atoms with van der Waals surface area (Å²) in [6.45, 7) is 5.92. The minimum atomic E-state index is -0.917. The molecule has 1 aliphatic heterocycles. The molecule has 1 saturated heterocycles. The first kappa shape index (κ1) is 18.4. The lowest BCUT2D eigenvalue weighted by atomic mass is 9.64. The molecule has 138 valence electrons. The third-order valence-electron chi connectivity index (χ3n) is 4.96. The summed E-state index contributed by atoms with van der Waals surface area (Å²) in [5.74, 6) is -0.516. The predicted octanol–water partition coefficient (Wildman–Crippen LogP) is 2.70. The van der Waals surface area contributed by atoms with Crippen LogP contribution in [0.2, 0.25) is 0 Å². The second-order valence-electron chi connectivity index (χ2n) is 8.08. The summed E-state index contributed by atoms with van der Waals surface area (Å²) in [6.07, 6.45) is 2.15. The van der Waals surface area contributed by atoms with Crippen molar-refractivity contribution in [2.24, 2.45) is 11.3 Å². The SMILES string of the molecule is C[C@@H]1CC(C)(C)C[C@]2(C1)NC(=O)N(CC(=O)Nc1sccc1C#N)C2=O. The van der Waals surface area contributed by atoms with E-state index in [0.717, 1.165) is 11.3 Å². The van der Waals surface area contributed by atoms with E-state index in [-0.39, 0.29) is 17.9 Å².